The zero-order valence-corrected chi connectivity index (χ0v) is 15.3. The minimum atomic E-state index is -0.179. The van der Waals surface area contributed by atoms with Gasteiger partial charge in [-0.1, -0.05) is 18.9 Å². The second-order valence-electron chi connectivity index (χ2n) is 5.77. The van der Waals surface area contributed by atoms with Gasteiger partial charge in [0, 0.05) is 6.54 Å². The van der Waals surface area contributed by atoms with Crippen LogP contribution in [0.25, 0.3) is 0 Å². The molecule has 1 aromatic carbocycles. The third kappa shape index (κ3) is 5.14. The number of benzene rings is 1. The molecule has 0 heterocycles. The number of halogens is 2. The number of hydrogen-bond donors (Lipinski definition) is 2. The first-order valence-electron chi connectivity index (χ1n) is 7.45. The molecule has 1 aliphatic rings. The molecule has 1 amide bonds. The highest BCUT2D eigenvalue weighted by atomic mass is 79.9. The fraction of sp³-hybridized carbons (Fsp3) is 0.562. The van der Waals surface area contributed by atoms with Gasteiger partial charge in [0.05, 0.1) is 23.0 Å². The van der Waals surface area contributed by atoms with Crippen molar-refractivity contribution in [1.82, 2.24) is 5.32 Å². The van der Waals surface area contributed by atoms with E-state index in [2.05, 4.69) is 21.2 Å². The zero-order chi connectivity index (χ0) is 15.3. The van der Waals surface area contributed by atoms with Gasteiger partial charge in [-0.3, -0.25) is 4.79 Å². The Morgan fingerprint density at radius 1 is 1.41 bits per heavy atom. The molecule has 1 aromatic rings. The van der Waals surface area contributed by atoms with Gasteiger partial charge >= 0.3 is 0 Å². The van der Waals surface area contributed by atoms with Crippen LogP contribution in [0.5, 0.6) is 5.75 Å². The van der Waals surface area contributed by atoms with Crippen molar-refractivity contribution in [3.05, 3.63) is 28.2 Å². The molecule has 22 heavy (non-hydrogen) atoms. The summed E-state index contributed by atoms with van der Waals surface area (Å²) in [6.45, 7) is 2.91. The van der Waals surface area contributed by atoms with Gasteiger partial charge in [0.2, 0.25) is 5.91 Å². The minimum Gasteiger partial charge on any atom is -0.492 e. The molecule has 0 aliphatic heterocycles. The average Bonchev–Trinajstić information content (AvgIpc) is 2.90. The molecular formula is C16H24BrClN2O2. The molecule has 4 nitrogen and oxygen atoms in total. The fourth-order valence-electron chi connectivity index (χ4n) is 2.77. The van der Waals surface area contributed by atoms with Gasteiger partial charge in [0.15, 0.2) is 0 Å². The van der Waals surface area contributed by atoms with E-state index in [1.807, 2.05) is 25.1 Å². The van der Waals surface area contributed by atoms with Gasteiger partial charge in [0.25, 0.3) is 0 Å². The summed E-state index contributed by atoms with van der Waals surface area (Å²) in [7, 11) is 0. The van der Waals surface area contributed by atoms with Crippen LogP contribution < -0.4 is 15.8 Å². The van der Waals surface area contributed by atoms with Crippen molar-refractivity contribution in [3.8, 4) is 5.75 Å². The molecule has 1 aliphatic carbocycles. The van der Waals surface area contributed by atoms with Gasteiger partial charge in [0.1, 0.15) is 5.75 Å². The highest BCUT2D eigenvalue weighted by Crippen LogP contribution is 2.29. The van der Waals surface area contributed by atoms with Crippen molar-refractivity contribution in [1.29, 1.82) is 0 Å². The number of amides is 1. The first-order chi connectivity index (χ1) is 10.0. The summed E-state index contributed by atoms with van der Waals surface area (Å²) in [5.41, 5.74) is 6.80. The second-order valence-corrected chi connectivity index (χ2v) is 6.63. The molecule has 0 saturated heterocycles. The highest BCUT2D eigenvalue weighted by molar-refractivity contribution is 9.10. The van der Waals surface area contributed by atoms with Crippen LogP contribution in [0, 0.1) is 6.92 Å². The Labute approximate surface area is 146 Å². The predicted molar refractivity (Wildman–Crippen MR) is 94.6 cm³/mol. The first-order valence-corrected chi connectivity index (χ1v) is 8.24. The van der Waals surface area contributed by atoms with E-state index in [1.54, 1.807) is 0 Å². The number of carbonyl (C=O) groups is 1. The molecule has 0 atom stereocenters. The van der Waals surface area contributed by atoms with Crippen LogP contribution in [0.1, 0.15) is 37.7 Å². The number of rotatable bonds is 6. The number of carbonyl (C=O) groups excluding carboxylic acids is 1. The van der Waals surface area contributed by atoms with Crippen molar-refractivity contribution in [2.45, 2.75) is 44.6 Å². The van der Waals surface area contributed by atoms with Crippen molar-refractivity contribution in [2.75, 3.05) is 13.2 Å². The molecule has 6 heteroatoms. The van der Waals surface area contributed by atoms with Crippen molar-refractivity contribution < 1.29 is 9.53 Å². The maximum Gasteiger partial charge on any atom is 0.223 e. The number of ether oxygens (including phenoxy) is 1. The Balaban J connectivity index is 0.00000242. The lowest BCUT2D eigenvalue weighted by molar-refractivity contribution is -0.123. The number of nitrogens with one attached hydrogen (secondary N) is 1. The van der Waals surface area contributed by atoms with E-state index in [4.69, 9.17) is 10.5 Å². The molecule has 0 aromatic heterocycles. The van der Waals surface area contributed by atoms with Crippen LogP contribution in [0.15, 0.2) is 22.7 Å². The lowest BCUT2D eigenvalue weighted by Crippen LogP contribution is -2.51. The highest BCUT2D eigenvalue weighted by Gasteiger charge is 2.33. The SMILES string of the molecule is Cc1ccc(OCCC(=O)NC2(CN)CCCC2)c(Br)c1.Cl. The quantitative estimate of drug-likeness (QED) is 0.781. The van der Waals surface area contributed by atoms with Crippen LogP contribution >= 0.6 is 28.3 Å². The molecule has 124 valence electrons. The van der Waals surface area contributed by atoms with Crippen LogP contribution in [-0.2, 0) is 4.79 Å². The molecule has 3 N–H and O–H groups in total. The minimum absolute atomic E-state index is 0. The lowest BCUT2D eigenvalue weighted by atomic mass is 9.98. The molecule has 1 fully saturated rings. The van der Waals surface area contributed by atoms with Gasteiger partial charge in [-0.05, 0) is 53.4 Å². The topological polar surface area (TPSA) is 64.3 Å². The largest absolute Gasteiger partial charge is 0.492 e. The number of hydrogen-bond acceptors (Lipinski definition) is 3. The van der Waals surface area contributed by atoms with E-state index in [9.17, 15) is 4.79 Å². The Morgan fingerprint density at radius 2 is 2.09 bits per heavy atom. The summed E-state index contributed by atoms with van der Waals surface area (Å²) in [6, 6.07) is 5.90. The van der Waals surface area contributed by atoms with Gasteiger partial charge in [-0.15, -0.1) is 12.4 Å². The van der Waals surface area contributed by atoms with Gasteiger partial charge < -0.3 is 15.8 Å². The summed E-state index contributed by atoms with van der Waals surface area (Å²) in [4.78, 5) is 12.0. The van der Waals surface area contributed by atoms with Gasteiger partial charge in [-0.25, -0.2) is 0 Å². The Bertz CT molecular complexity index is 505. The summed E-state index contributed by atoms with van der Waals surface area (Å²) in [5.74, 6) is 0.786. The summed E-state index contributed by atoms with van der Waals surface area (Å²) in [6.07, 6.45) is 4.61. The van der Waals surface area contributed by atoms with Crippen molar-refractivity contribution >= 4 is 34.2 Å². The van der Waals surface area contributed by atoms with Crippen LogP contribution in [0.2, 0.25) is 0 Å². The normalized spacial score (nSPS) is 16.0. The van der Waals surface area contributed by atoms with Crippen LogP contribution in [0.4, 0.5) is 0 Å². The van der Waals surface area contributed by atoms with E-state index in [-0.39, 0.29) is 23.9 Å². The molecule has 0 bridgehead atoms. The van der Waals surface area contributed by atoms with Crippen molar-refractivity contribution in [3.63, 3.8) is 0 Å². The maximum atomic E-state index is 12.0. The number of nitrogens with two attached hydrogens (primary N) is 1. The third-order valence-electron chi connectivity index (χ3n) is 4.03. The van der Waals surface area contributed by atoms with E-state index in [0.717, 1.165) is 41.5 Å². The molecule has 0 unspecified atom stereocenters. The monoisotopic (exact) mass is 390 g/mol. The average molecular weight is 392 g/mol. The lowest BCUT2D eigenvalue weighted by Gasteiger charge is -2.28. The Morgan fingerprint density at radius 3 is 2.68 bits per heavy atom. The zero-order valence-electron chi connectivity index (χ0n) is 12.9. The van der Waals surface area contributed by atoms with E-state index >= 15 is 0 Å². The van der Waals surface area contributed by atoms with Gasteiger partial charge in [-0.2, -0.15) is 0 Å². The fourth-order valence-corrected chi connectivity index (χ4v) is 3.37. The van der Waals surface area contributed by atoms with E-state index in [1.165, 1.54) is 0 Å². The molecular weight excluding hydrogens is 368 g/mol. The summed E-state index contributed by atoms with van der Waals surface area (Å²) >= 11 is 3.46. The molecule has 0 spiro atoms. The Kier molecular flexibility index (Phi) is 7.66. The second kappa shape index (κ2) is 8.75. The van der Waals surface area contributed by atoms with E-state index < -0.39 is 0 Å². The van der Waals surface area contributed by atoms with Crippen LogP contribution in [-0.4, -0.2) is 24.6 Å². The summed E-state index contributed by atoms with van der Waals surface area (Å²) in [5, 5.41) is 3.10. The number of aryl methyl sites for hydroxylation is 1. The first kappa shape index (κ1) is 19.3. The molecule has 1 saturated carbocycles. The third-order valence-corrected chi connectivity index (χ3v) is 4.65. The smallest absolute Gasteiger partial charge is 0.223 e. The van der Waals surface area contributed by atoms with E-state index in [0.29, 0.717) is 19.6 Å². The molecule has 2 rings (SSSR count). The van der Waals surface area contributed by atoms with Crippen LogP contribution in [0.3, 0.4) is 0 Å². The molecule has 0 radical (unpaired) electrons. The standard InChI is InChI=1S/C16H23BrN2O2.ClH/c1-12-4-5-14(13(17)10-12)21-9-6-15(20)19-16(11-18)7-2-3-8-16;/h4-5,10H,2-3,6-9,11,18H2,1H3,(H,19,20);1H. The summed E-state index contributed by atoms with van der Waals surface area (Å²) < 4.78 is 6.57. The van der Waals surface area contributed by atoms with Crippen molar-refractivity contribution in [2.24, 2.45) is 5.73 Å². The predicted octanol–water partition coefficient (Wildman–Crippen LogP) is 3.34. The maximum absolute atomic E-state index is 12.0. The Hall–Kier alpha value is -0.780.